The number of rotatable bonds is 3. The Labute approximate surface area is 167 Å². The van der Waals surface area contributed by atoms with Gasteiger partial charge in [-0.15, -0.1) is 0 Å². The summed E-state index contributed by atoms with van der Waals surface area (Å²) in [5.41, 5.74) is 2.32. The number of hydrogen-bond acceptors (Lipinski definition) is 5. The number of aromatic amines is 1. The summed E-state index contributed by atoms with van der Waals surface area (Å²) in [6.07, 6.45) is 0. The number of carbonyl (C=O) groups excluding carboxylic acids is 1. The minimum atomic E-state index is -0.276. The number of aromatic nitrogens is 4. The van der Waals surface area contributed by atoms with Crippen molar-refractivity contribution >= 4 is 28.7 Å². The van der Waals surface area contributed by atoms with Crippen LogP contribution >= 0.6 is 11.8 Å². The lowest BCUT2D eigenvalue weighted by molar-refractivity contribution is -0.125. The molecule has 28 heavy (non-hydrogen) atoms. The molecule has 2 N–H and O–H groups in total. The number of nitrogens with one attached hydrogen (secondary N) is 2. The van der Waals surface area contributed by atoms with E-state index in [9.17, 15) is 9.59 Å². The standard InChI is InChI=1S/C20H23N5O2S/c1-20(2,3)15-8-17(26)25-10-12(11-28-19(25)24-15)18(27)21-9-16-22-13-6-4-5-7-14(13)23-16/h4-8,12H,9-11H2,1-3H3,(H,21,27)(H,22,23)/t12-/m0/s1. The second-order valence-electron chi connectivity index (χ2n) is 8.05. The Balaban J connectivity index is 1.45. The van der Waals surface area contributed by atoms with E-state index in [-0.39, 0.29) is 22.8 Å². The first kappa shape index (κ1) is 18.7. The molecular weight excluding hydrogens is 374 g/mol. The highest BCUT2D eigenvalue weighted by Gasteiger charge is 2.28. The summed E-state index contributed by atoms with van der Waals surface area (Å²) in [7, 11) is 0. The molecule has 0 fully saturated rings. The van der Waals surface area contributed by atoms with Gasteiger partial charge >= 0.3 is 0 Å². The molecule has 1 amide bonds. The number of carbonyl (C=O) groups is 1. The summed E-state index contributed by atoms with van der Waals surface area (Å²) in [6.45, 7) is 6.79. The first-order valence-corrected chi connectivity index (χ1v) is 10.3. The van der Waals surface area contributed by atoms with E-state index in [0.29, 0.717) is 29.8 Å². The highest BCUT2D eigenvalue weighted by atomic mass is 32.2. The fraction of sp³-hybridized carbons (Fsp3) is 0.400. The van der Waals surface area contributed by atoms with Gasteiger partial charge in [0.2, 0.25) is 5.91 Å². The van der Waals surface area contributed by atoms with Crippen molar-refractivity contribution in [3.63, 3.8) is 0 Å². The third-order valence-corrected chi connectivity index (χ3v) is 5.94. The third-order valence-electron chi connectivity index (χ3n) is 4.80. The van der Waals surface area contributed by atoms with E-state index >= 15 is 0 Å². The maximum absolute atomic E-state index is 12.6. The van der Waals surface area contributed by atoms with Crippen molar-refractivity contribution in [3.8, 4) is 0 Å². The van der Waals surface area contributed by atoms with Crippen molar-refractivity contribution < 1.29 is 4.79 Å². The summed E-state index contributed by atoms with van der Waals surface area (Å²) < 4.78 is 1.61. The second-order valence-corrected chi connectivity index (χ2v) is 9.04. The van der Waals surface area contributed by atoms with Gasteiger partial charge in [-0.05, 0) is 12.1 Å². The van der Waals surface area contributed by atoms with Crippen LogP contribution in [-0.4, -0.2) is 31.2 Å². The predicted octanol–water partition coefficient (Wildman–Crippen LogP) is 2.46. The van der Waals surface area contributed by atoms with Gasteiger partial charge in [0.25, 0.3) is 5.56 Å². The topological polar surface area (TPSA) is 92.7 Å². The largest absolute Gasteiger partial charge is 0.349 e. The Bertz CT molecular complexity index is 1060. The summed E-state index contributed by atoms with van der Waals surface area (Å²) >= 11 is 1.46. The molecule has 0 saturated heterocycles. The first-order valence-electron chi connectivity index (χ1n) is 9.28. The quantitative estimate of drug-likeness (QED) is 0.662. The molecule has 3 aromatic rings. The minimum Gasteiger partial charge on any atom is -0.349 e. The molecule has 8 heteroatoms. The lowest BCUT2D eigenvalue weighted by Gasteiger charge is -2.26. The minimum absolute atomic E-state index is 0.0783. The average Bonchev–Trinajstić information content (AvgIpc) is 3.08. The number of thioether (sulfide) groups is 1. The van der Waals surface area contributed by atoms with E-state index in [2.05, 4.69) is 20.3 Å². The predicted molar refractivity (Wildman–Crippen MR) is 109 cm³/mol. The number of nitrogens with zero attached hydrogens (tertiary/aromatic N) is 3. The number of hydrogen-bond donors (Lipinski definition) is 2. The average molecular weight is 398 g/mol. The summed E-state index contributed by atoms with van der Waals surface area (Å²) in [5, 5.41) is 3.63. The molecule has 0 aliphatic carbocycles. The van der Waals surface area contributed by atoms with E-state index in [4.69, 9.17) is 0 Å². The Hall–Kier alpha value is -2.61. The molecule has 1 atom stereocenters. The number of fused-ring (bicyclic) bond motifs is 2. The molecule has 1 aromatic carbocycles. The van der Waals surface area contributed by atoms with Crippen LogP contribution in [0.4, 0.5) is 0 Å². The van der Waals surface area contributed by atoms with Crippen LogP contribution in [0.5, 0.6) is 0 Å². The van der Waals surface area contributed by atoms with Crippen LogP contribution in [-0.2, 0) is 23.3 Å². The maximum Gasteiger partial charge on any atom is 0.254 e. The van der Waals surface area contributed by atoms with E-state index in [1.807, 2.05) is 45.0 Å². The fourth-order valence-electron chi connectivity index (χ4n) is 3.16. The molecule has 0 radical (unpaired) electrons. The summed E-state index contributed by atoms with van der Waals surface area (Å²) in [4.78, 5) is 37.5. The van der Waals surface area contributed by atoms with Crippen molar-refractivity contribution in [2.24, 2.45) is 5.92 Å². The zero-order chi connectivity index (χ0) is 19.9. The van der Waals surface area contributed by atoms with Crippen LogP contribution in [0.2, 0.25) is 0 Å². The number of imidazole rings is 1. The number of para-hydroxylation sites is 2. The lowest BCUT2D eigenvalue weighted by Crippen LogP contribution is -2.40. The molecule has 0 saturated carbocycles. The Morgan fingerprint density at radius 3 is 2.86 bits per heavy atom. The van der Waals surface area contributed by atoms with Crippen LogP contribution in [0.3, 0.4) is 0 Å². The van der Waals surface area contributed by atoms with Gasteiger partial charge in [-0.25, -0.2) is 9.97 Å². The smallest absolute Gasteiger partial charge is 0.254 e. The molecule has 1 aliphatic rings. The van der Waals surface area contributed by atoms with Crippen molar-refractivity contribution in [1.82, 2.24) is 24.8 Å². The van der Waals surface area contributed by atoms with Gasteiger partial charge in [0, 0.05) is 23.8 Å². The molecule has 0 spiro atoms. The van der Waals surface area contributed by atoms with Crippen LogP contribution in [0, 0.1) is 5.92 Å². The highest BCUT2D eigenvalue weighted by molar-refractivity contribution is 7.99. The monoisotopic (exact) mass is 397 g/mol. The van der Waals surface area contributed by atoms with E-state index in [0.717, 1.165) is 16.7 Å². The normalized spacial score (nSPS) is 16.8. The molecule has 2 aromatic heterocycles. The Kier molecular flexibility index (Phi) is 4.74. The molecule has 7 nitrogen and oxygen atoms in total. The number of benzene rings is 1. The molecule has 1 aliphatic heterocycles. The fourth-order valence-corrected chi connectivity index (χ4v) is 4.25. The summed E-state index contributed by atoms with van der Waals surface area (Å²) in [5.74, 6) is 0.964. The third kappa shape index (κ3) is 3.69. The number of H-pyrrole nitrogens is 1. The molecule has 146 valence electrons. The molecular formula is C20H23N5O2S. The van der Waals surface area contributed by atoms with E-state index in [1.54, 1.807) is 10.6 Å². The highest BCUT2D eigenvalue weighted by Crippen LogP contribution is 2.28. The lowest BCUT2D eigenvalue weighted by atomic mass is 9.92. The van der Waals surface area contributed by atoms with Crippen molar-refractivity contribution in [2.75, 3.05) is 5.75 Å². The second kappa shape index (κ2) is 7.09. The van der Waals surface area contributed by atoms with Gasteiger partial charge in [0.05, 0.1) is 29.2 Å². The van der Waals surface area contributed by atoms with Gasteiger partial charge in [-0.1, -0.05) is 44.7 Å². The van der Waals surface area contributed by atoms with Gasteiger partial charge in [0.1, 0.15) is 5.82 Å². The van der Waals surface area contributed by atoms with E-state index in [1.165, 1.54) is 11.8 Å². The van der Waals surface area contributed by atoms with Gasteiger partial charge in [0.15, 0.2) is 5.16 Å². The van der Waals surface area contributed by atoms with E-state index < -0.39 is 0 Å². The van der Waals surface area contributed by atoms with Crippen molar-refractivity contribution in [1.29, 1.82) is 0 Å². The van der Waals surface area contributed by atoms with Gasteiger partial charge in [-0.3, -0.25) is 14.2 Å². The molecule has 4 rings (SSSR count). The zero-order valence-corrected chi connectivity index (χ0v) is 17.0. The van der Waals surface area contributed by atoms with Crippen LogP contribution < -0.4 is 10.9 Å². The number of amides is 1. The van der Waals surface area contributed by atoms with Crippen LogP contribution in [0.1, 0.15) is 32.3 Å². The Morgan fingerprint density at radius 1 is 1.32 bits per heavy atom. The Morgan fingerprint density at radius 2 is 2.11 bits per heavy atom. The SMILES string of the molecule is CC(C)(C)c1cc(=O)n2c(n1)SC[C@@H](C(=O)NCc1nc3ccccc3[nH]1)C2. The first-order chi connectivity index (χ1) is 13.3. The van der Waals surface area contributed by atoms with Gasteiger partial charge < -0.3 is 10.3 Å². The molecule has 3 heterocycles. The zero-order valence-electron chi connectivity index (χ0n) is 16.2. The van der Waals surface area contributed by atoms with Crippen LogP contribution in [0.15, 0.2) is 40.3 Å². The molecule has 0 unspecified atom stereocenters. The van der Waals surface area contributed by atoms with Crippen molar-refractivity contribution in [2.45, 2.75) is 44.4 Å². The molecule has 0 bridgehead atoms. The summed E-state index contributed by atoms with van der Waals surface area (Å²) in [6, 6.07) is 9.33. The van der Waals surface area contributed by atoms with Gasteiger partial charge in [-0.2, -0.15) is 0 Å². The van der Waals surface area contributed by atoms with Crippen molar-refractivity contribution in [3.05, 3.63) is 52.2 Å². The maximum atomic E-state index is 12.6. The van der Waals surface area contributed by atoms with Crippen LogP contribution in [0.25, 0.3) is 11.0 Å².